The van der Waals surface area contributed by atoms with Crippen LogP contribution in [0.1, 0.15) is 55.8 Å². The van der Waals surface area contributed by atoms with Gasteiger partial charge in [-0.15, -0.1) is 0 Å². The summed E-state index contributed by atoms with van der Waals surface area (Å²) in [6, 6.07) is 11.2. The Hall–Kier alpha value is -2.05. The molecule has 1 unspecified atom stereocenters. The number of hydrogen-bond acceptors (Lipinski definition) is 6. The van der Waals surface area contributed by atoms with E-state index in [0.29, 0.717) is 34.7 Å². The molecule has 0 radical (unpaired) electrons. The lowest BCUT2D eigenvalue weighted by Crippen LogP contribution is -2.34. The molecule has 0 saturated carbocycles. The van der Waals surface area contributed by atoms with Crippen LogP contribution in [0, 0.1) is 0 Å². The molecular formula is C25H32BrN3O5S2. The van der Waals surface area contributed by atoms with Gasteiger partial charge in [0.15, 0.2) is 5.11 Å². The predicted molar refractivity (Wildman–Crippen MR) is 148 cm³/mol. The molecule has 3 rings (SSSR count). The highest BCUT2D eigenvalue weighted by Gasteiger charge is 2.20. The van der Waals surface area contributed by atoms with Gasteiger partial charge >= 0.3 is 0 Å². The maximum atomic E-state index is 12.6. The SMILES string of the molecule is CCCCCCOc1ccc(C(=O)NC(=S)Nc2ccc(S(=O)(=O)NCC3CCCO3)cc2)cc1Br. The van der Waals surface area contributed by atoms with Crippen molar-refractivity contribution in [2.75, 3.05) is 25.1 Å². The quantitative estimate of drug-likeness (QED) is 0.234. The summed E-state index contributed by atoms with van der Waals surface area (Å²) in [6.45, 7) is 3.71. The number of nitrogens with one attached hydrogen (secondary N) is 3. The fraction of sp³-hybridized carbons (Fsp3) is 0.440. The molecule has 196 valence electrons. The Labute approximate surface area is 226 Å². The first-order valence-corrected chi connectivity index (χ1v) is 14.7. The minimum absolute atomic E-state index is 0.0819. The van der Waals surface area contributed by atoms with Crippen LogP contribution in [-0.2, 0) is 14.8 Å². The molecule has 0 bridgehead atoms. The van der Waals surface area contributed by atoms with Crippen LogP contribution < -0.4 is 20.1 Å². The fourth-order valence-electron chi connectivity index (χ4n) is 3.62. The maximum absolute atomic E-state index is 12.6. The first kappa shape index (κ1) is 28.5. The van der Waals surface area contributed by atoms with Gasteiger partial charge in [0.25, 0.3) is 5.91 Å². The van der Waals surface area contributed by atoms with E-state index in [1.807, 2.05) is 0 Å². The van der Waals surface area contributed by atoms with Crippen LogP contribution in [0.2, 0.25) is 0 Å². The van der Waals surface area contributed by atoms with Crippen molar-refractivity contribution in [1.29, 1.82) is 0 Å². The first-order chi connectivity index (χ1) is 17.3. The number of sulfonamides is 1. The van der Waals surface area contributed by atoms with E-state index in [9.17, 15) is 13.2 Å². The zero-order valence-electron chi connectivity index (χ0n) is 20.2. The smallest absolute Gasteiger partial charge is 0.257 e. The molecule has 1 fully saturated rings. The van der Waals surface area contributed by atoms with Crippen molar-refractivity contribution >= 4 is 54.9 Å². The summed E-state index contributed by atoms with van der Waals surface area (Å²) >= 11 is 8.70. The molecule has 1 aliphatic rings. The fourth-order valence-corrected chi connectivity index (χ4v) is 5.39. The Morgan fingerprint density at radius 2 is 1.94 bits per heavy atom. The zero-order valence-corrected chi connectivity index (χ0v) is 23.4. The second kappa shape index (κ2) is 14.0. The Bertz CT molecular complexity index is 1140. The summed E-state index contributed by atoms with van der Waals surface area (Å²) in [5.41, 5.74) is 0.967. The van der Waals surface area contributed by atoms with Crippen molar-refractivity contribution in [3.05, 3.63) is 52.5 Å². The molecule has 1 saturated heterocycles. The van der Waals surface area contributed by atoms with Crippen molar-refractivity contribution in [3.63, 3.8) is 0 Å². The predicted octanol–water partition coefficient (Wildman–Crippen LogP) is 4.99. The lowest BCUT2D eigenvalue weighted by Gasteiger charge is -2.13. The minimum atomic E-state index is -3.64. The Morgan fingerprint density at radius 3 is 2.61 bits per heavy atom. The van der Waals surface area contributed by atoms with Gasteiger partial charge in [0.2, 0.25) is 10.0 Å². The summed E-state index contributed by atoms with van der Waals surface area (Å²) in [5.74, 6) is 0.310. The Morgan fingerprint density at radius 1 is 1.17 bits per heavy atom. The van der Waals surface area contributed by atoms with E-state index in [2.05, 4.69) is 38.2 Å². The van der Waals surface area contributed by atoms with Crippen LogP contribution in [0.4, 0.5) is 5.69 Å². The number of amides is 1. The second-order valence-corrected chi connectivity index (χ2v) is 11.5. The van der Waals surface area contributed by atoms with Crippen LogP contribution in [0.15, 0.2) is 51.8 Å². The van der Waals surface area contributed by atoms with Gasteiger partial charge in [-0.05, 0) is 89.9 Å². The van der Waals surface area contributed by atoms with Crippen LogP contribution in [0.5, 0.6) is 5.75 Å². The van der Waals surface area contributed by atoms with Gasteiger partial charge in [0.05, 0.1) is 22.1 Å². The van der Waals surface area contributed by atoms with Gasteiger partial charge in [-0.1, -0.05) is 26.2 Å². The topological polar surface area (TPSA) is 106 Å². The molecule has 3 N–H and O–H groups in total. The summed E-state index contributed by atoms with van der Waals surface area (Å²) in [6.07, 6.45) is 6.19. The third-order valence-electron chi connectivity index (χ3n) is 5.62. The lowest BCUT2D eigenvalue weighted by molar-refractivity contribution is 0.0977. The van der Waals surface area contributed by atoms with Gasteiger partial charge in [-0.3, -0.25) is 10.1 Å². The molecule has 1 amide bonds. The summed E-state index contributed by atoms with van der Waals surface area (Å²) in [7, 11) is -3.64. The molecule has 0 aliphatic carbocycles. The highest BCUT2D eigenvalue weighted by atomic mass is 79.9. The van der Waals surface area contributed by atoms with Gasteiger partial charge < -0.3 is 14.8 Å². The molecule has 36 heavy (non-hydrogen) atoms. The highest BCUT2D eigenvalue weighted by molar-refractivity contribution is 9.10. The number of rotatable bonds is 12. The van der Waals surface area contributed by atoms with E-state index in [-0.39, 0.29) is 28.6 Å². The van der Waals surface area contributed by atoms with Crippen LogP contribution >= 0.6 is 28.1 Å². The lowest BCUT2D eigenvalue weighted by atomic mass is 10.2. The van der Waals surface area contributed by atoms with E-state index in [1.54, 1.807) is 30.3 Å². The number of hydrogen-bond donors (Lipinski definition) is 3. The average molecular weight is 599 g/mol. The van der Waals surface area contributed by atoms with Crippen molar-refractivity contribution in [2.24, 2.45) is 0 Å². The normalized spacial score (nSPS) is 15.4. The van der Waals surface area contributed by atoms with Crippen LogP contribution in [-0.4, -0.2) is 45.3 Å². The monoisotopic (exact) mass is 597 g/mol. The summed E-state index contributed by atoms with van der Waals surface area (Å²) in [5, 5.41) is 5.62. The second-order valence-electron chi connectivity index (χ2n) is 8.47. The van der Waals surface area contributed by atoms with Crippen molar-refractivity contribution in [3.8, 4) is 5.75 Å². The highest BCUT2D eigenvalue weighted by Crippen LogP contribution is 2.26. The Balaban J connectivity index is 1.48. The van der Waals surface area contributed by atoms with E-state index < -0.39 is 10.0 Å². The standard InChI is InChI=1S/C25H32BrN3O5S2/c1-2-3-4-5-14-34-23-13-8-18(16-22(23)26)24(30)29-25(35)28-19-9-11-21(12-10-19)36(31,32)27-17-20-7-6-15-33-20/h8-13,16,20,27H,2-7,14-15,17H2,1H3,(H2,28,29,30,35). The average Bonchev–Trinajstić information content (AvgIpc) is 3.38. The van der Waals surface area contributed by atoms with E-state index in [4.69, 9.17) is 21.7 Å². The minimum Gasteiger partial charge on any atom is -0.492 e. The third kappa shape index (κ3) is 8.81. The number of unbranched alkanes of at least 4 members (excludes halogenated alkanes) is 3. The van der Waals surface area contributed by atoms with Crippen LogP contribution in [0.3, 0.4) is 0 Å². The number of anilines is 1. The largest absolute Gasteiger partial charge is 0.492 e. The zero-order chi connectivity index (χ0) is 26.0. The summed E-state index contributed by atoms with van der Waals surface area (Å²) < 4.78 is 39.5. The molecule has 8 nitrogen and oxygen atoms in total. The number of ether oxygens (including phenoxy) is 2. The molecule has 0 spiro atoms. The Kier molecular flexibility index (Phi) is 11.1. The molecule has 2 aromatic rings. The van der Waals surface area contributed by atoms with Crippen molar-refractivity contribution in [1.82, 2.24) is 10.0 Å². The number of halogens is 1. The van der Waals surface area contributed by atoms with Gasteiger partial charge in [-0.25, -0.2) is 13.1 Å². The van der Waals surface area contributed by atoms with Gasteiger partial charge in [-0.2, -0.15) is 0 Å². The maximum Gasteiger partial charge on any atom is 0.257 e. The molecule has 2 aromatic carbocycles. The number of thiocarbonyl (C=S) groups is 1. The number of carbonyl (C=O) groups is 1. The number of benzene rings is 2. The molecule has 1 aliphatic heterocycles. The third-order valence-corrected chi connectivity index (χ3v) is 7.89. The molecular weight excluding hydrogens is 566 g/mol. The molecule has 11 heteroatoms. The molecule has 1 heterocycles. The van der Waals surface area contributed by atoms with E-state index in [1.165, 1.54) is 25.0 Å². The van der Waals surface area contributed by atoms with E-state index >= 15 is 0 Å². The van der Waals surface area contributed by atoms with E-state index in [0.717, 1.165) is 25.7 Å². The summed E-state index contributed by atoms with van der Waals surface area (Å²) in [4.78, 5) is 12.7. The van der Waals surface area contributed by atoms with Gasteiger partial charge in [0, 0.05) is 24.4 Å². The molecule has 1 atom stereocenters. The number of carbonyl (C=O) groups excluding carboxylic acids is 1. The first-order valence-electron chi connectivity index (χ1n) is 12.0. The van der Waals surface area contributed by atoms with Gasteiger partial charge in [0.1, 0.15) is 5.75 Å². The van der Waals surface area contributed by atoms with Crippen molar-refractivity contribution in [2.45, 2.75) is 56.4 Å². The van der Waals surface area contributed by atoms with Crippen molar-refractivity contribution < 1.29 is 22.7 Å². The van der Waals surface area contributed by atoms with Crippen LogP contribution in [0.25, 0.3) is 0 Å². The molecule has 0 aromatic heterocycles.